The van der Waals surface area contributed by atoms with Gasteiger partial charge in [-0.05, 0) is 47.7 Å². The van der Waals surface area contributed by atoms with Crippen LogP contribution in [0.1, 0.15) is 12.0 Å². The Morgan fingerprint density at radius 1 is 1.21 bits per heavy atom. The average Bonchev–Trinajstić information content (AvgIpc) is 2.95. The Kier molecular flexibility index (Phi) is 6.45. The number of benzene rings is 2. The lowest BCUT2D eigenvalue weighted by atomic mass is 10.2. The van der Waals surface area contributed by atoms with Gasteiger partial charge in [-0.2, -0.15) is 0 Å². The van der Waals surface area contributed by atoms with Crippen molar-refractivity contribution in [2.75, 3.05) is 11.9 Å². The van der Waals surface area contributed by atoms with Gasteiger partial charge in [0.2, 0.25) is 5.91 Å². The fourth-order valence-corrected chi connectivity index (χ4v) is 3.67. The number of hydrogen-bond acceptors (Lipinski definition) is 6. The lowest BCUT2D eigenvalue weighted by Crippen LogP contribution is -2.31. The minimum atomic E-state index is -0.535. The first-order valence-electron chi connectivity index (χ1n) is 8.39. The molecule has 1 saturated heterocycles. The summed E-state index contributed by atoms with van der Waals surface area (Å²) in [5.41, 5.74) is 0.943. The fourth-order valence-electron chi connectivity index (χ4n) is 2.54. The summed E-state index contributed by atoms with van der Waals surface area (Å²) in [6.45, 7) is -0.0562. The van der Waals surface area contributed by atoms with Crippen LogP contribution >= 0.6 is 27.7 Å². The smallest absolute Gasteiger partial charge is 0.293 e. The SMILES string of the molecule is O=C(CCN1C(=O)SC(=Cc2cccc([N+](=O)[O-])c2)C1=O)Nc1ccc(Br)cc1. The van der Waals surface area contributed by atoms with Crippen LogP contribution in [0, 0.1) is 10.1 Å². The van der Waals surface area contributed by atoms with Crippen LogP contribution in [0.4, 0.5) is 16.2 Å². The van der Waals surface area contributed by atoms with Crippen molar-refractivity contribution in [1.82, 2.24) is 4.90 Å². The van der Waals surface area contributed by atoms with Gasteiger partial charge < -0.3 is 5.32 Å². The van der Waals surface area contributed by atoms with Crippen molar-refractivity contribution in [1.29, 1.82) is 0 Å². The number of nitro benzene ring substituents is 1. The molecule has 29 heavy (non-hydrogen) atoms. The molecule has 0 aromatic heterocycles. The van der Waals surface area contributed by atoms with Gasteiger partial charge in [0.15, 0.2) is 0 Å². The molecule has 1 aliphatic heterocycles. The Hall–Kier alpha value is -2.98. The van der Waals surface area contributed by atoms with Crippen LogP contribution in [0.3, 0.4) is 0 Å². The largest absolute Gasteiger partial charge is 0.326 e. The topological polar surface area (TPSA) is 110 Å². The van der Waals surface area contributed by atoms with Crippen molar-refractivity contribution >= 4 is 62.2 Å². The average molecular weight is 476 g/mol. The summed E-state index contributed by atoms with van der Waals surface area (Å²) < 4.78 is 0.879. The molecule has 0 unspecified atom stereocenters. The molecule has 148 valence electrons. The van der Waals surface area contributed by atoms with E-state index in [1.165, 1.54) is 24.3 Å². The molecular weight excluding hydrogens is 462 g/mol. The molecule has 1 aliphatic rings. The van der Waals surface area contributed by atoms with E-state index in [9.17, 15) is 24.5 Å². The highest BCUT2D eigenvalue weighted by Gasteiger charge is 2.35. The Balaban J connectivity index is 1.63. The van der Waals surface area contributed by atoms with E-state index in [-0.39, 0.29) is 29.5 Å². The zero-order valence-electron chi connectivity index (χ0n) is 14.8. The molecule has 0 saturated carbocycles. The van der Waals surface area contributed by atoms with E-state index in [1.54, 1.807) is 30.3 Å². The molecule has 10 heteroatoms. The number of rotatable bonds is 6. The third-order valence-corrected chi connectivity index (χ3v) is 5.38. The first-order valence-corrected chi connectivity index (χ1v) is 9.99. The number of nitro groups is 1. The number of carbonyl (C=O) groups excluding carboxylic acids is 3. The number of imide groups is 1. The number of anilines is 1. The quantitative estimate of drug-likeness (QED) is 0.376. The second-order valence-electron chi connectivity index (χ2n) is 5.99. The molecule has 3 rings (SSSR count). The van der Waals surface area contributed by atoms with Gasteiger partial charge in [-0.3, -0.25) is 29.4 Å². The number of carbonyl (C=O) groups is 3. The van der Waals surface area contributed by atoms with Crippen molar-refractivity contribution in [3.63, 3.8) is 0 Å². The van der Waals surface area contributed by atoms with E-state index < -0.39 is 16.1 Å². The van der Waals surface area contributed by atoms with Crippen molar-refractivity contribution < 1.29 is 19.3 Å². The van der Waals surface area contributed by atoms with Crippen LogP contribution in [-0.2, 0) is 9.59 Å². The highest BCUT2D eigenvalue weighted by Crippen LogP contribution is 2.32. The molecule has 1 heterocycles. The predicted molar refractivity (Wildman–Crippen MR) is 113 cm³/mol. The molecular formula is C19H14BrN3O5S. The molecule has 8 nitrogen and oxygen atoms in total. The maximum Gasteiger partial charge on any atom is 0.293 e. The van der Waals surface area contributed by atoms with Gasteiger partial charge in [-0.25, -0.2) is 0 Å². The molecule has 0 bridgehead atoms. The third-order valence-electron chi connectivity index (χ3n) is 3.94. The first-order chi connectivity index (χ1) is 13.8. The van der Waals surface area contributed by atoms with E-state index in [1.807, 2.05) is 0 Å². The minimum Gasteiger partial charge on any atom is -0.326 e. The van der Waals surface area contributed by atoms with E-state index in [0.717, 1.165) is 21.1 Å². The minimum absolute atomic E-state index is 0.0435. The van der Waals surface area contributed by atoms with Crippen LogP contribution in [0.2, 0.25) is 0 Å². The maximum absolute atomic E-state index is 12.5. The van der Waals surface area contributed by atoms with Crippen LogP contribution in [0.25, 0.3) is 6.08 Å². The fraction of sp³-hybridized carbons (Fsp3) is 0.105. The van der Waals surface area contributed by atoms with E-state index >= 15 is 0 Å². The zero-order valence-corrected chi connectivity index (χ0v) is 17.2. The number of non-ortho nitro benzene ring substituents is 1. The molecule has 1 N–H and O–H groups in total. The Morgan fingerprint density at radius 2 is 1.93 bits per heavy atom. The van der Waals surface area contributed by atoms with Gasteiger partial charge in [0, 0.05) is 35.3 Å². The highest BCUT2D eigenvalue weighted by atomic mass is 79.9. The summed E-state index contributed by atoms with van der Waals surface area (Å²) in [5.74, 6) is -0.850. The van der Waals surface area contributed by atoms with Crippen LogP contribution in [-0.4, -0.2) is 33.4 Å². The lowest BCUT2D eigenvalue weighted by Gasteiger charge is -2.12. The first kappa shape index (κ1) is 20.7. The van der Waals surface area contributed by atoms with Gasteiger partial charge >= 0.3 is 0 Å². The van der Waals surface area contributed by atoms with E-state index in [0.29, 0.717) is 11.3 Å². The number of halogens is 1. The lowest BCUT2D eigenvalue weighted by molar-refractivity contribution is -0.384. The molecule has 0 radical (unpaired) electrons. The predicted octanol–water partition coefficient (Wildman–Crippen LogP) is 4.42. The van der Waals surface area contributed by atoms with Crippen LogP contribution < -0.4 is 5.32 Å². The summed E-state index contributed by atoms with van der Waals surface area (Å²) in [5, 5.41) is 13.1. The second kappa shape index (κ2) is 9.01. The molecule has 2 aromatic rings. The second-order valence-corrected chi connectivity index (χ2v) is 7.90. The Morgan fingerprint density at radius 3 is 2.62 bits per heavy atom. The number of thioether (sulfide) groups is 1. The number of nitrogens with one attached hydrogen (secondary N) is 1. The molecule has 0 spiro atoms. The summed E-state index contributed by atoms with van der Waals surface area (Å²) in [6, 6.07) is 12.8. The number of nitrogens with zero attached hydrogens (tertiary/aromatic N) is 2. The summed E-state index contributed by atoms with van der Waals surface area (Å²) in [6.07, 6.45) is 1.39. The third kappa shape index (κ3) is 5.30. The summed E-state index contributed by atoms with van der Waals surface area (Å²) >= 11 is 4.05. The standard InChI is InChI=1S/C19H14BrN3O5S/c20-13-4-6-14(7-5-13)21-17(24)8-9-22-18(25)16(29-19(22)26)11-12-2-1-3-15(10-12)23(27)28/h1-7,10-11H,8-9H2,(H,21,24). The number of hydrogen-bond donors (Lipinski definition) is 1. The van der Waals surface area contributed by atoms with Crippen molar-refractivity contribution in [3.8, 4) is 0 Å². The van der Waals surface area contributed by atoms with Crippen molar-refractivity contribution in [2.24, 2.45) is 0 Å². The monoisotopic (exact) mass is 475 g/mol. The van der Waals surface area contributed by atoms with E-state index in [2.05, 4.69) is 21.2 Å². The van der Waals surface area contributed by atoms with E-state index in [4.69, 9.17) is 0 Å². The van der Waals surface area contributed by atoms with Crippen LogP contribution in [0.5, 0.6) is 0 Å². The van der Waals surface area contributed by atoms with Crippen molar-refractivity contribution in [2.45, 2.75) is 6.42 Å². The Labute approximate surface area is 178 Å². The van der Waals surface area contributed by atoms with Gasteiger partial charge in [0.1, 0.15) is 0 Å². The highest BCUT2D eigenvalue weighted by molar-refractivity contribution is 9.10. The van der Waals surface area contributed by atoms with Crippen molar-refractivity contribution in [3.05, 3.63) is 73.6 Å². The van der Waals surface area contributed by atoms with Crippen LogP contribution in [0.15, 0.2) is 57.9 Å². The molecule has 0 aliphatic carbocycles. The molecule has 1 fully saturated rings. The summed E-state index contributed by atoms with van der Waals surface area (Å²) in [4.78, 5) is 48.2. The molecule has 0 atom stereocenters. The van der Waals surface area contributed by atoms with Gasteiger partial charge in [0.25, 0.3) is 16.8 Å². The zero-order chi connectivity index (χ0) is 21.0. The molecule has 2 aromatic carbocycles. The normalized spacial score (nSPS) is 15.1. The maximum atomic E-state index is 12.5. The number of amides is 3. The molecule has 3 amide bonds. The van der Waals surface area contributed by atoms with Gasteiger partial charge in [0.05, 0.1) is 9.83 Å². The van der Waals surface area contributed by atoms with Gasteiger partial charge in [-0.1, -0.05) is 28.1 Å². The Bertz CT molecular complexity index is 1020. The summed E-state index contributed by atoms with van der Waals surface area (Å²) in [7, 11) is 0. The van der Waals surface area contributed by atoms with Gasteiger partial charge in [-0.15, -0.1) is 0 Å².